The molecule has 0 aromatic heterocycles. The van der Waals surface area contributed by atoms with Gasteiger partial charge in [0.1, 0.15) is 5.75 Å². The van der Waals surface area contributed by atoms with Crippen LogP contribution in [0.2, 0.25) is 5.02 Å². The second-order valence-electron chi connectivity index (χ2n) is 4.05. The number of nitriles is 1. The number of nitrogens with one attached hydrogen (secondary N) is 1. The van der Waals surface area contributed by atoms with E-state index in [1.807, 2.05) is 18.2 Å². The standard InChI is InChI=1S/C14H19ClN2O/c1-2-8-17-11-12-5-6-14(13(15)10-12)18-9-4-3-7-16/h5-6,10,17H,2-4,8-9,11H2,1H3. The number of ether oxygens (including phenoxy) is 1. The summed E-state index contributed by atoms with van der Waals surface area (Å²) in [5.74, 6) is 0.689. The van der Waals surface area contributed by atoms with E-state index in [-0.39, 0.29) is 0 Å². The van der Waals surface area contributed by atoms with Gasteiger partial charge in [0, 0.05) is 13.0 Å². The van der Waals surface area contributed by atoms with E-state index in [9.17, 15) is 0 Å². The van der Waals surface area contributed by atoms with Gasteiger partial charge in [-0.05, 0) is 37.1 Å². The van der Waals surface area contributed by atoms with Crippen molar-refractivity contribution in [1.29, 1.82) is 5.26 Å². The minimum Gasteiger partial charge on any atom is -0.492 e. The highest BCUT2D eigenvalue weighted by Crippen LogP contribution is 2.25. The van der Waals surface area contributed by atoms with Crippen LogP contribution >= 0.6 is 11.6 Å². The van der Waals surface area contributed by atoms with E-state index in [4.69, 9.17) is 21.6 Å². The second kappa shape index (κ2) is 8.79. The van der Waals surface area contributed by atoms with Crippen LogP contribution in [0, 0.1) is 11.3 Å². The summed E-state index contributed by atoms with van der Waals surface area (Å²) >= 11 is 6.14. The summed E-state index contributed by atoms with van der Waals surface area (Å²) in [4.78, 5) is 0. The Balaban J connectivity index is 2.44. The molecule has 4 heteroatoms. The van der Waals surface area contributed by atoms with Gasteiger partial charge in [-0.3, -0.25) is 0 Å². The lowest BCUT2D eigenvalue weighted by Crippen LogP contribution is -2.13. The van der Waals surface area contributed by atoms with Crippen LogP contribution < -0.4 is 10.1 Å². The zero-order valence-corrected chi connectivity index (χ0v) is 11.5. The molecule has 0 heterocycles. The molecule has 0 bridgehead atoms. The van der Waals surface area contributed by atoms with E-state index in [0.29, 0.717) is 23.8 Å². The molecule has 1 rings (SSSR count). The number of hydrogen-bond donors (Lipinski definition) is 1. The molecule has 0 aliphatic carbocycles. The minimum atomic E-state index is 0.511. The van der Waals surface area contributed by atoms with Crippen molar-refractivity contribution in [1.82, 2.24) is 5.32 Å². The van der Waals surface area contributed by atoms with Crippen LogP contribution in [0.4, 0.5) is 0 Å². The molecule has 98 valence electrons. The van der Waals surface area contributed by atoms with Gasteiger partial charge >= 0.3 is 0 Å². The third-order valence-electron chi connectivity index (χ3n) is 2.44. The lowest BCUT2D eigenvalue weighted by molar-refractivity contribution is 0.313. The van der Waals surface area contributed by atoms with Crippen molar-refractivity contribution < 1.29 is 4.74 Å². The normalized spacial score (nSPS) is 10.1. The maximum atomic E-state index is 8.42. The van der Waals surface area contributed by atoms with Crippen molar-refractivity contribution >= 4 is 11.6 Å². The Labute approximate surface area is 114 Å². The maximum absolute atomic E-state index is 8.42. The molecule has 0 amide bonds. The van der Waals surface area contributed by atoms with Crippen LogP contribution in [0.1, 0.15) is 31.7 Å². The highest BCUT2D eigenvalue weighted by Gasteiger charge is 2.03. The first kappa shape index (κ1) is 14.8. The van der Waals surface area contributed by atoms with Crippen molar-refractivity contribution in [2.45, 2.75) is 32.7 Å². The second-order valence-corrected chi connectivity index (χ2v) is 4.46. The quantitative estimate of drug-likeness (QED) is 0.732. The van der Waals surface area contributed by atoms with Crippen LogP contribution in [-0.2, 0) is 6.54 Å². The van der Waals surface area contributed by atoms with Crippen molar-refractivity contribution in [3.05, 3.63) is 28.8 Å². The first-order chi connectivity index (χ1) is 8.77. The van der Waals surface area contributed by atoms with Gasteiger partial charge < -0.3 is 10.1 Å². The van der Waals surface area contributed by atoms with E-state index in [1.165, 1.54) is 0 Å². The monoisotopic (exact) mass is 266 g/mol. The summed E-state index contributed by atoms with van der Waals surface area (Å²) in [5.41, 5.74) is 1.15. The Morgan fingerprint density at radius 2 is 2.28 bits per heavy atom. The number of rotatable bonds is 8. The van der Waals surface area contributed by atoms with Crippen molar-refractivity contribution in [3.63, 3.8) is 0 Å². The van der Waals surface area contributed by atoms with Crippen LogP contribution in [0.3, 0.4) is 0 Å². The smallest absolute Gasteiger partial charge is 0.137 e. The Bertz CT molecular complexity index is 401. The molecule has 0 aliphatic heterocycles. The summed E-state index contributed by atoms with van der Waals surface area (Å²) in [7, 11) is 0. The van der Waals surface area contributed by atoms with Crippen LogP contribution in [-0.4, -0.2) is 13.2 Å². The molecule has 1 aromatic rings. The van der Waals surface area contributed by atoms with Crippen LogP contribution in [0.25, 0.3) is 0 Å². The fourth-order valence-corrected chi connectivity index (χ4v) is 1.77. The van der Waals surface area contributed by atoms with E-state index in [0.717, 1.165) is 31.5 Å². The molecule has 1 aromatic carbocycles. The number of nitrogens with zero attached hydrogens (tertiary/aromatic N) is 1. The molecule has 0 atom stereocenters. The molecule has 1 N–H and O–H groups in total. The first-order valence-electron chi connectivity index (χ1n) is 6.26. The summed E-state index contributed by atoms with van der Waals surface area (Å²) in [5, 5.41) is 12.4. The molecule has 0 aliphatic rings. The third-order valence-corrected chi connectivity index (χ3v) is 2.74. The molecule has 0 saturated carbocycles. The molecule has 0 unspecified atom stereocenters. The molecule has 0 radical (unpaired) electrons. The van der Waals surface area contributed by atoms with Gasteiger partial charge in [0.25, 0.3) is 0 Å². The zero-order valence-electron chi connectivity index (χ0n) is 10.7. The SMILES string of the molecule is CCCNCc1ccc(OCCCC#N)c(Cl)c1. The van der Waals surface area contributed by atoms with E-state index in [1.54, 1.807) is 0 Å². The average molecular weight is 267 g/mol. The van der Waals surface area contributed by atoms with Gasteiger partial charge in [-0.2, -0.15) is 5.26 Å². The van der Waals surface area contributed by atoms with Crippen molar-refractivity contribution in [2.24, 2.45) is 0 Å². The van der Waals surface area contributed by atoms with E-state index >= 15 is 0 Å². The molecular formula is C14H19ClN2O. The molecule has 0 spiro atoms. The summed E-state index contributed by atoms with van der Waals surface area (Å²) in [6, 6.07) is 7.90. The lowest BCUT2D eigenvalue weighted by atomic mass is 10.2. The average Bonchev–Trinajstić information content (AvgIpc) is 2.37. The number of unbranched alkanes of at least 4 members (excludes halogenated alkanes) is 1. The van der Waals surface area contributed by atoms with E-state index < -0.39 is 0 Å². The number of hydrogen-bond acceptors (Lipinski definition) is 3. The highest BCUT2D eigenvalue weighted by atomic mass is 35.5. The Hall–Kier alpha value is -1.24. The predicted octanol–water partition coefficient (Wildman–Crippen LogP) is 3.52. The Morgan fingerprint density at radius 3 is 2.94 bits per heavy atom. The van der Waals surface area contributed by atoms with Crippen LogP contribution in [0.15, 0.2) is 18.2 Å². The predicted molar refractivity (Wildman–Crippen MR) is 73.8 cm³/mol. The molecular weight excluding hydrogens is 248 g/mol. The maximum Gasteiger partial charge on any atom is 0.137 e. The zero-order chi connectivity index (χ0) is 13.2. The number of halogens is 1. The van der Waals surface area contributed by atoms with Gasteiger partial charge in [0.15, 0.2) is 0 Å². The molecule has 0 fully saturated rings. The Kier molecular flexibility index (Phi) is 7.24. The van der Waals surface area contributed by atoms with Gasteiger partial charge in [0.05, 0.1) is 17.7 Å². The van der Waals surface area contributed by atoms with Crippen molar-refractivity contribution in [3.8, 4) is 11.8 Å². The summed E-state index contributed by atoms with van der Waals surface area (Å²) in [6.45, 7) is 4.49. The summed E-state index contributed by atoms with van der Waals surface area (Å²) in [6.07, 6.45) is 2.36. The minimum absolute atomic E-state index is 0.511. The fourth-order valence-electron chi connectivity index (χ4n) is 1.51. The lowest BCUT2D eigenvalue weighted by Gasteiger charge is -2.09. The fraction of sp³-hybridized carbons (Fsp3) is 0.500. The highest BCUT2D eigenvalue weighted by molar-refractivity contribution is 6.32. The molecule has 3 nitrogen and oxygen atoms in total. The molecule has 18 heavy (non-hydrogen) atoms. The third kappa shape index (κ3) is 5.39. The largest absolute Gasteiger partial charge is 0.492 e. The first-order valence-corrected chi connectivity index (χ1v) is 6.64. The van der Waals surface area contributed by atoms with Crippen LogP contribution in [0.5, 0.6) is 5.75 Å². The topological polar surface area (TPSA) is 45.0 Å². The van der Waals surface area contributed by atoms with Gasteiger partial charge in [0.2, 0.25) is 0 Å². The van der Waals surface area contributed by atoms with Gasteiger partial charge in [-0.1, -0.05) is 24.6 Å². The van der Waals surface area contributed by atoms with Gasteiger partial charge in [-0.15, -0.1) is 0 Å². The Morgan fingerprint density at radius 1 is 1.44 bits per heavy atom. The van der Waals surface area contributed by atoms with Crippen molar-refractivity contribution in [2.75, 3.05) is 13.2 Å². The molecule has 0 saturated heterocycles. The van der Waals surface area contributed by atoms with Gasteiger partial charge in [-0.25, -0.2) is 0 Å². The number of benzene rings is 1. The summed E-state index contributed by atoms with van der Waals surface area (Å²) < 4.78 is 5.52. The van der Waals surface area contributed by atoms with E-state index in [2.05, 4.69) is 18.3 Å².